The molecule has 0 amide bonds. The molecule has 4 heteroatoms. The average Bonchev–Trinajstić information content (AvgIpc) is 3.23. The highest BCUT2D eigenvalue weighted by Crippen LogP contribution is 2.45. The van der Waals surface area contributed by atoms with Gasteiger partial charge in [0.1, 0.15) is 0 Å². The minimum atomic E-state index is -0.845. The molecule has 1 unspecified atom stereocenters. The molecule has 172 valence electrons. The smallest absolute Gasteiger partial charge is 0.313 e. The molecule has 1 atom stereocenters. The van der Waals surface area contributed by atoms with E-state index in [2.05, 4.69) is 63.2 Å². The first-order valence-electron chi connectivity index (χ1n) is 11.8. The lowest BCUT2D eigenvalue weighted by molar-refractivity contribution is -0.149. The summed E-state index contributed by atoms with van der Waals surface area (Å²) >= 11 is 0. The second-order valence-electron chi connectivity index (χ2n) is 10.3. The highest BCUT2D eigenvalue weighted by Gasteiger charge is 2.36. The summed E-state index contributed by atoms with van der Waals surface area (Å²) in [6, 6.07) is 15.4. The topological polar surface area (TPSA) is 44.8 Å². The fraction of sp³-hybridized carbons (Fsp3) is 0.414. The van der Waals surface area contributed by atoms with Gasteiger partial charge in [-0.05, 0) is 75.7 Å². The zero-order valence-corrected chi connectivity index (χ0v) is 20.4. The summed E-state index contributed by atoms with van der Waals surface area (Å²) in [5.41, 5.74) is 3.28. The number of esters is 1. The lowest BCUT2D eigenvalue weighted by Crippen LogP contribution is -2.24. The van der Waals surface area contributed by atoms with Crippen LogP contribution < -0.4 is 0 Å². The minimum Gasteiger partial charge on any atom is -0.466 e. The van der Waals surface area contributed by atoms with Crippen molar-refractivity contribution in [3.05, 3.63) is 59.2 Å². The van der Waals surface area contributed by atoms with Gasteiger partial charge in [-0.25, -0.2) is 0 Å². The van der Waals surface area contributed by atoms with Crippen LogP contribution in [-0.4, -0.2) is 25.8 Å². The van der Waals surface area contributed by atoms with E-state index >= 15 is 0 Å². The number of carbonyl (C=O) groups excluding carboxylic acids is 1. The summed E-state index contributed by atoms with van der Waals surface area (Å²) in [6.45, 7) is 13.9. The average molecular weight is 445 g/mol. The van der Waals surface area contributed by atoms with Gasteiger partial charge in [0.15, 0.2) is 5.79 Å². The van der Waals surface area contributed by atoms with Crippen LogP contribution in [0.4, 0.5) is 0 Å². The van der Waals surface area contributed by atoms with Crippen LogP contribution in [-0.2, 0) is 30.2 Å². The molecule has 0 aliphatic carbocycles. The summed E-state index contributed by atoms with van der Waals surface area (Å²) in [5.74, 6) is -1.46. The molecular weight excluding hydrogens is 412 g/mol. The molecule has 0 saturated carbocycles. The maximum atomic E-state index is 12.8. The van der Waals surface area contributed by atoms with Crippen LogP contribution >= 0.6 is 0 Å². The fourth-order valence-corrected chi connectivity index (χ4v) is 5.17. The van der Waals surface area contributed by atoms with Crippen LogP contribution in [0, 0.1) is 0 Å². The Bertz CT molecular complexity index is 1340. The van der Waals surface area contributed by atoms with Crippen LogP contribution in [0.3, 0.4) is 0 Å². The van der Waals surface area contributed by atoms with E-state index in [1.54, 1.807) is 0 Å². The largest absolute Gasteiger partial charge is 0.466 e. The van der Waals surface area contributed by atoms with Crippen molar-refractivity contribution in [1.82, 2.24) is 0 Å². The van der Waals surface area contributed by atoms with Gasteiger partial charge < -0.3 is 14.2 Å². The Morgan fingerprint density at radius 1 is 1.00 bits per heavy atom. The molecule has 0 radical (unpaired) electrons. The van der Waals surface area contributed by atoms with Crippen LogP contribution in [0.15, 0.2) is 42.5 Å². The highest BCUT2D eigenvalue weighted by molar-refractivity contribution is 6.24. The molecule has 5 rings (SSSR count). The third-order valence-electron chi connectivity index (χ3n) is 7.05. The van der Waals surface area contributed by atoms with Crippen molar-refractivity contribution in [3.63, 3.8) is 0 Å². The molecule has 4 aromatic rings. The highest BCUT2D eigenvalue weighted by atomic mass is 16.7. The maximum Gasteiger partial charge on any atom is 0.313 e. The van der Waals surface area contributed by atoms with E-state index in [1.807, 2.05) is 20.8 Å². The van der Waals surface area contributed by atoms with Crippen molar-refractivity contribution < 1.29 is 19.0 Å². The first kappa shape index (κ1) is 22.1. The normalized spacial score (nSPS) is 17.3. The van der Waals surface area contributed by atoms with Gasteiger partial charge in [0, 0.05) is 5.56 Å². The summed E-state index contributed by atoms with van der Waals surface area (Å²) in [6.07, 6.45) is 0. The van der Waals surface area contributed by atoms with Crippen molar-refractivity contribution in [2.45, 2.75) is 58.7 Å². The molecule has 33 heavy (non-hydrogen) atoms. The molecule has 4 nitrogen and oxygen atoms in total. The number of hydrogen-bond donors (Lipinski definition) is 0. The summed E-state index contributed by atoms with van der Waals surface area (Å²) in [7, 11) is 0. The minimum absolute atomic E-state index is 0.0538. The van der Waals surface area contributed by atoms with Crippen LogP contribution in [0.5, 0.6) is 0 Å². The van der Waals surface area contributed by atoms with Crippen molar-refractivity contribution >= 4 is 38.3 Å². The molecule has 1 fully saturated rings. The Morgan fingerprint density at radius 3 is 2.18 bits per heavy atom. The van der Waals surface area contributed by atoms with Gasteiger partial charge in [-0.1, -0.05) is 57.2 Å². The number of carbonyl (C=O) groups is 1. The van der Waals surface area contributed by atoms with Gasteiger partial charge in [0.2, 0.25) is 0 Å². The second-order valence-corrected chi connectivity index (χ2v) is 10.3. The molecule has 1 aliphatic heterocycles. The lowest BCUT2D eigenvalue weighted by Gasteiger charge is -2.28. The maximum absolute atomic E-state index is 12.8. The summed E-state index contributed by atoms with van der Waals surface area (Å²) in [4.78, 5) is 12.8. The van der Waals surface area contributed by atoms with E-state index in [-0.39, 0.29) is 11.4 Å². The Morgan fingerprint density at radius 2 is 1.61 bits per heavy atom. The van der Waals surface area contributed by atoms with Crippen molar-refractivity contribution in [2.75, 3.05) is 19.8 Å². The molecular formula is C29H32O4. The quantitative estimate of drug-likeness (QED) is 0.257. The molecule has 1 saturated heterocycles. The van der Waals surface area contributed by atoms with Crippen LogP contribution in [0.2, 0.25) is 0 Å². The van der Waals surface area contributed by atoms with E-state index in [9.17, 15) is 4.79 Å². The monoisotopic (exact) mass is 444 g/mol. The van der Waals surface area contributed by atoms with Gasteiger partial charge in [-0.3, -0.25) is 4.79 Å². The number of benzene rings is 4. The molecule has 0 bridgehead atoms. The Labute approximate surface area is 195 Å². The zero-order chi connectivity index (χ0) is 23.5. The van der Waals surface area contributed by atoms with E-state index in [4.69, 9.17) is 14.2 Å². The first-order chi connectivity index (χ1) is 15.6. The Hall–Kier alpha value is -2.69. The summed E-state index contributed by atoms with van der Waals surface area (Å²) < 4.78 is 17.6. The molecule has 4 aromatic carbocycles. The van der Waals surface area contributed by atoms with E-state index in [1.165, 1.54) is 21.7 Å². The van der Waals surface area contributed by atoms with E-state index in [0.717, 1.165) is 27.3 Å². The van der Waals surface area contributed by atoms with Crippen LogP contribution in [0.25, 0.3) is 32.3 Å². The molecule has 0 N–H and O–H groups in total. The van der Waals surface area contributed by atoms with Gasteiger partial charge in [0.05, 0.1) is 25.7 Å². The van der Waals surface area contributed by atoms with Gasteiger partial charge in [-0.15, -0.1) is 0 Å². The number of ether oxygens (including phenoxy) is 3. The number of rotatable bonds is 4. The predicted molar refractivity (Wildman–Crippen MR) is 133 cm³/mol. The zero-order valence-electron chi connectivity index (χ0n) is 20.4. The Kier molecular flexibility index (Phi) is 5.15. The van der Waals surface area contributed by atoms with Crippen molar-refractivity contribution in [3.8, 4) is 0 Å². The van der Waals surface area contributed by atoms with Gasteiger partial charge in [-0.2, -0.15) is 0 Å². The van der Waals surface area contributed by atoms with Crippen molar-refractivity contribution in [1.29, 1.82) is 0 Å². The predicted octanol–water partition coefficient (Wildman–Crippen LogP) is 6.77. The number of hydrogen-bond acceptors (Lipinski definition) is 4. The SMILES string of the molecule is CCOC(=O)C(C)c1cc(C2(C)OCCO2)c2ccc3cc(C(C)(C)C)cc4ccc1c2c43. The molecule has 0 aromatic heterocycles. The van der Waals surface area contributed by atoms with E-state index in [0.29, 0.717) is 19.8 Å². The standard InChI is InChI=1S/C29H32O4/c1-7-31-27(30)17(2)23-16-24(29(6)32-12-13-33-29)22-11-9-19-15-20(28(3,4)5)14-18-8-10-21(23)26(22)25(18)19/h8-11,14-17H,7,12-13H2,1-6H3. The first-order valence-corrected chi connectivity index (χ1v) is 11.8. The molecule has 1 aliphatic rings. The van der Waals surface area contributed by atoms with Gasteiger partial charge >= 0.3 is 5.97 Å². The van der Waals surface area contributed by atoms with Gasteiger partial charge in [0.25, 0.3) is 0 Å². The lowest BCUT2D eigenvalue weighted by atomic mass is 9.81. The van der Waals surface area contributed by atoms with Crippen molar-refractivity contribution in [2.24, 2.45) is 0 Å². The third kappa shape index (κ3) is 3.48. The summed E-state index contributed by atoms with van der Waals surface area (Å²) in [5, 5.41) is 6.99. The molecule has 0 spiro atoms. The molecule has 1 heterocycles. The fourth-order valence-electron chi connectivity index (χ4n) is 5.17. The van der Waals surface area contributed by atoms with Crippen LogP contribution in [0.1, 0.15) is 64.2 Å². The van der Waals surface area contributed by atoms with E-state index < -0.39 is 11.7 Å². The third-order valence-corrected chi connectivity index (χ3v) is 7.05. The Balaban J connectivity index is 1.89. The second kappa shape index (κ2) is 7.68.